The lowest BCUT2D eigenvalue weighted by molar-refractivity contribution is -0.167. The van der Waals surface area contributed by atoms with E-state index in [0.717, 1.165) is 10.6 Å². The Hall–Kier alpha value is -5.26. The number of ether oxygens (including phenoxy) is 1. The molecule has 0 spiro atoms. The van der Waals surface area contributed by atoms with Gasteiger partial charge in [-0.1, -0.05) is 12.1 Å². The van der Waals surface area contributed by atoms with Crippen LogP contribution >= 0.6 is 0 Å². The molecule has 2 aromatic heterocycles. The summed E-state index contributed by atoms with van der Waals surface area (Å²) in [7, 11) is 4.58. The number of aryl methyl sites for hydroxylation is 1. The first-order valence-corrected chi connectivity index (χ1v) is 15.5. The number of amides is 1. The van der Waals surface area contributed by atoms with Crippen molar-refractivity contribution >= 4 is 34.2 Å². The van der Waals surface area contributed by atoms with Crippen molar-refractivity contribution in [2.75, 3.05) is 43.7 Å². The zero-order chi connectivity index (χ0) is 38.4. The number of carbonyl (C=O) groups excluding carboxylic acids is 1. The Balaban J connectivity index is 1.54. The molecule has 2 atom stereocenters. The van der Waals surface area contributed by atoms with E-state index in [-0.39, 0.29) is 40.9 Å². The van der Waals surface area contributed by atoms with Crippen LogP contribution in [-0.4, -0.2) is 78.6 Å². The summed E-state index contributed by atoms with van der Waals surface area (Å²) in [6.07, 6.45) is -8.98. The fraction of sp³-hybridized carbons (Fsp3) is 0.353. The maximum atomic E-state index is 15.2. The highest BCUT2D eigenvalue weighted by Crippen LogP contribution is 2.39. The number of halogens is 8. The summed E-state index contributed by atoms with van der Waals surface area (Å²) in [5.74, 6) is -6.31. The highest BCUT2D eigenvalue weighted by atomic mass is 19.4. The van der Waals surface area contributed by atoms with Crippen LogP contribution in [0.1, 0.15) is 27.2 Å². The molecule has 2 N–H and O–H groups in total. The first kappa shape index (κ1) is 38.0. The third kappa shape index (κ3) is 7.37. The van der Waals surface area contributed by atoms with Crippen molar-refractivity contribution in [2.24, 2.45) is 7.05 Å². The Labute approximate surface area is 290 Å². The number of carbonyl (C=O) groups is 2. The van der Waals surface area contributed by atoms with Crippen molar-refractivity contribution in [2.45, 2.75) is 37.8 Å². The molecule has 1 saturated heterocycles. The summed E-state index contributed by atoms with van der Waals surface area (Å²) in [6, 6.07) is 1.71. The van der Waals surface area contributed by atoms with E-state index in [1.54, 1.807) is 19.0 Å². The van der Waals surface area contributed by atoms with E-state index in [0.29, 0.717) is 22.7 Å². The monoisotopic (exact) mass is 741 g/mol. The molecule has 0 radical (unpaired) electrons. The smallest absolute Gasteiger partial charge is 0.417 e. The maximum absolute atomic E-state index is 15.2. The molecule has 10 nitrogen and oxygen atoms in total. The predicted octanol–water partition coefficient (Wildman–Crippen LogP) is 5.47. The number of morpholine rings is 1. The molecule has 1 aliphatic heterocycles. The molecule has 3 heterocycles. The van der Waals surface area contributed by atoms with E-state index < -0.39 is 88.9 Å². The van der Waals surface area contributed by atoms with Crippen LogP contribution in [0.5, 0.6) is 0 Å². The van der Waals surface area contributed by atoms with Gasteiger partial charge in [-0.3, -0.25) is 14.6 Å². The van der Waals surface area contributed by atoms with E-state index in [9.17, 15) is 45.8 Å². The van der Waals surface area contributed by atoms with Crippen LogP contribution in [0.2, 0.25) is 0 Å². The lowest BCUT2D eigenvalue weighted by atomic mass is 9.93. The van der Waals surface area contributed by atoms with Crippen LogP contribution in [-0.2, 0) is 29.2 Å². The zero-order valence-corrected chi connectivity index (χ0v) is 27.9. The summed E-state index contributed by atoms with van der Waals surface area (Å²) in [4.78, 5) is 45.4. The van der Waals surface area contributed by atoms with Gasteiger partial charge in [0, 0.05) is 56.4 Å². The van der Waals surface area contributed by atoms with E-state index >= 15 is 8.78 Å². The number of hydrogen-bond donors (Lipinski definition) is 2. The minimum atomic E-state index is -4.94. The molecule has 1 amide bonds. The lowest BCUT2D eigenvalue weighted by Crippen LogP contribution is -2.53. The van der Waals surface area contributed by atoms with E-state index in [4.69, 9.17) is 4.74 Å². The van der Waals surface area contributed by atoms with Crippen molar-refractivity contribution in [3.8, 4) is 11.1 Å². The number of rotatable bonds is 8. The Morgan fingerprint density at radius 2 is 1.73 bits per heavy atom. The van der Waals surface area contributed by atoms with Gasteiger partial charge in [-0.25, -0.2) is 13.6 Å². The van der Waals surface area contributed by atoms with Gasteiger partial charge in [0.05, 0.1) is 41.7 Å². The largest absolute Gasteiger partial charge is 0.480 e. The number of carboxylic acid groups (broad SMARTS) is 1. The van der Waals surface area contributed by atoms with E-state index in [1.807, 2.05) is 5.32 Å². The molecule has 5 rings (SSSR count). The number of carboxylic acids is 1. The Morgan fingerprint density at radius 3 is 2.31 bits per heavy atom. The van der Waals surface area contributed by atoms with Crippen LogP contribution in [0.15, 0.2) is 47.4 Å². The second-order valence-electron chi connectivity index (χ2n) is 12.4. The highest BCUT2D eigenvalue weighted by Gasteiger charge is 2.46. The highest BCUT2D eigenvalue weighted by molar-refractivity contribution is 5.99. The molecular weight excluding hydrogens is 710 g/mol. The molecule has 18 heteroatoms. The van der Waals surface area contributed by atoms with Gasteiger partial charge in [0.2, 0.25) is 0 Å². The third-order valence-corrected chi connectivity index (χ3v) is 8.81. The molecule has 278 valence electrons. The number of pyridine rings is 2. The molecule has 1 fully saturated rings. The summed E-state index contributed by atoms with van der Waals surface area (Å²) >= 11 is 0. The average Bonchev–Trinajstić information content (AvgIpc) is 3.05. The van der Waals surface area contributed by atoms with Gasteiger partial charge >= 0.3 is 18.3 Å². The number of aliphatic carboxylic acids is 1. The number of nitrogens with zero attached hydrogens (tertiary/aromatic N) is 4. The average molecular weight is 742 g/mol. The molecule has 0 bridgehead atoms. The van der Waals surface area contributed by atoms with E-state index in [1.165, 1.54) is 38.4 Å². The van der Waals surface area contributed by atoms with Crippen molar-refractivity contribution < 1.29 is 54.6 Å². The molecule has 0 unspecified atom stereocenters. The summed E-state index contributed by atoms with van der Waals surface area (Å²) < 4.78 is 120. The SMILES string of the molecule is Cc1cc(C(F)(F)F)c(-c2ccc(C[C@H](NC(=O)c3c(F)cc(N4CCOC[C@@H]4C(F)(F)F)cc3F)C(=O)O)c3cc(N(C)C)cnc23)c(=O)n1C. The van der Waals surface area contributed by atoms with Crippen LogP contribution in [0, 0.1) is 18.6 Å². The topological polar surface area (TPSA) is 117 Å². The molecule has 0 saturated carbocycles. The van der Waals surface area contributed by atoms with Crippen molar-refractivity contribution in [1.29, 1.82) is 0 Å². The Morgan fingerprint density at radius 1 is 1.08 bits per heavy atom. The number of hydrogen-bond acceptors (Lipinski definition) is 7. The van der Waals surface area contributed by atoms with Gasteiger partial charge in [-0.05, 0) is 36.8 Å². The van der Waals surface area contributed by atoms with Crippen LogP contribution in [0.25, 0.3) is 22.0 Å². The minimum absolute atomic E-state index is 0.0407. The fourth-order valence-electron chi connectivity index (χ4n) is 5.97. The lowest BCUT2D eigenvalue weighted by Gasteiger charge is -2.38. The van der Waals surface area contributed by atoms with Crippen LogP contribution in [0.3, 0.4) is 0 Å². The standard InChI is InChI=1S/C34H31F8N5O5/c1-16-9-22(33(37,38)39)27(31(49)46(16)4)20-6-5-17(21-11-19(45(2)3)14-43-29(20)21)10-25(32(50)51)44-30(48)28-23(35)12-18(13-24(28)36)47-7-8-52-15-26(47)34(40,41)42/h5-6,9,11-14,25-26H,7-8,10,15H2,1-4H3,(H,44,48)(H,50,51)/t25-,26+/m0/s1. The number of nitrogens with one attached hydrogen (secondary N) is 1. The van der Waals surface area contributed by atoms with Gasteiger partial charge in [0.15, 0.2) is 0 Å². The van der Waals surface area contributed by atoms with Gasteiger partial charge in [0.25, 0.3) is 11.5 Å². The summed E-state index contributed by atoms with van der Waals surface area (Å²) in [5.41, 5.74) is -4.34. The molecule has 2 aromatic carbocycles. The molecule has 1 aliphatic rings. The third-order valence-electron chi connectivity index (χ3n) is 8.81. The van der Waals surface area contributed by atoms with Crippen LogP contribution in [0.4, 0.5) is 46.5 Å². The number of benzene rings is 2. The van der Waals surface area contributed by atoms with Gasteiger partial charge in [0.1, 0.15) is 29.3 Å². The predicted molar refractivity (Wildman–Crippen MR) is 173 cm³/mol. The number of aromatic nitrogens is 2. The summed E-state index contributed by atoms with van der Waals surface area (Å²) in [6.45, 7) is 0.0260. The van der Waals surface area contributed by atoms with Crippen molar-refractivity contribution in [3.05, 3.63) is 87.0 Å². The van der Waals surface area contributed by atoms with Crippen molar-refractivity contribution in [3.63, 3.8) is 0 Å². The van der Waals surface area contributed by atoms with Gasteiger partial charge in [-0.2, -0.15) is 26.3 Å². The summed E-state index contributed by atoms with van der Waals surface area (Å²) in [5, 5.41) is 12.2. The Kier molecular flexibility index (Phi) is 10.3. The minimum Gasteiger partial charge on any atom is -0.480 e. The molecule has 0 aliphatic carbocycles. The second-order valence-corrected chi connectivity index (χ2v) is 12.4. The van der Waals surface area contributed by atoms with Gasteiger partial charge in [-0.15, -0.1) is 0 Å². The van der Waals surface area contributed by atoms with Crippen LogP contribution < -0.4 is 20.7 Å². The Bertz CT molecular complexity index is 2090. The quantitative estimate of drug-likeness (QED) is 0.229. The molecule has 52 heavy (non-hydrogen) atoms. The number of alkyl halides is 6. The maximum Gasteiger partial charge on any atom is 0.417 e. The first-order valence-electron chi connectivity index (χ1n) is 15.5. The normalized spacial score (nSPS) is 15.8. The van der Waals surface area contributed by atoms with E-state index in [2.05, 4.69) is 4.98 Å². The zero-order valence-electron chi connectivity index (χ0n) is 27.9. The van der Waals surface area contributed by atoms with Crippen molar-refractivity contribution in [1.82, 2.24) is 14.9 Å². The number of anilines is 2. The molecule has 4 aromatic rings. The van der Waals surface area contributed by atoms with Gasteiger partial charge < -0.3 is 29.5 Å². The molecular formula is C34H31F8N5O5. The first-order chi connectivity index (χ1) is 24.2. The fourth-order valence-corrected chi connectivity index (χ4v) is 5.97. The number of fused-ring (bicyclic) bond motifs is 1. The second kappa shape index (κ2) is 14.0.